The average Bonchev–Trinajstić information content (AvgIpc) is 2.46. The van der Waals surface area contributed by atoms with Crippen molar-refractivity contribution >= 4 is 37.5 Å². The molecule has 3 heterocycles. The van der Waals surface area contributed by atoms with Crippen LogP contribution in [-0.2, 0) is 4.79 Å². The number of ether oxygens (including phenoxy) is 1. The summed E-state index contributed by atoms with van der Waals surface area (Å²) >= 11 is -0.548. The van der Waals surface area contributed by atoms with Crippen molar-refractivity contribution in [1.82, 2.24) is 10.7 Å². The number of nitrogens with one attached hydrogen (secondary N) is 2. The topological polar surface area (TPSA) is 66.0 Å². The molecule has 8 heteroatoms. The molecule has 1 aromatic carbocycles. The molecule has 2 N–H and O–H groups in total. The van der Waals surface area contributed by atoms with Crippen LogP contribution >= 0.6 is 0 Å². The normalized spacial score (nSPS) is 24.3. The molecule has 22 heavy (non-hydrogen) atoms. The molecule has 1 aromatic rings. The van der Waals surface area contributed by atoms with E-state index in [0.717, 1.165) is 23.1 Å². The minimum atomic E-state index is -0.548. The molecule has 1 saturated heterocycles. The number of nitrogens with zero attached hydrogens (tertiary/aromatic N) is 2. The molecular weight excluding hydrogens is 350 g/mol. The molecule has 2 unspecified atom stereocenters. The fourth-order valence-corrected chi connectivity index (χ4v) is 5.63. The van der Waals surface area contributed by atoms with E-state index in [1.54, 1.807) is 0 Å². The van der Waals surface area contributed by atoms with Gasteiger partial charge in [0.2, 0.25) is 0 Å². The number of carbonyl (C=O) groups is 1. The number of benzene rings is 1. The van der Waals surface area contributed by atoms with Gasteiger partial charge in [-0.3, -0.25) is 0 Å². The minimum absolute atomic E-state index is 0.165. The van der Waals surface area contributed by atoms with Gasteiger partial charge in [-0.25, -0.2) is 0 Å². The van der Waals surface area contributed by atoms with Crippen molar-refractivity contribution in [3.63, 3.8) is 0 Å². The average molecular weight is 366 g/mol. The zero-order valence-electron chi connectivity index (χ0n) is 12.0. The molecule has 4 rings (SSSR count). The summed E-state index contributed by atoms with van der Waals surface area (Å²) in [5, 5.41) is 7.27. The molecule has 0 spiro atoms. The summed E-state index contributed by atoms with van der Waals surface area (Å²) in [6.45, 7) is 4.00. The maximum atomic E-state index is 14.3. The molecule has 0 saturated carbocycles. The van der Waals surface area contributed by atoms with Crippen LogP contribution in [0.5, 0.6) is 5.75 Å². The van der Waals surface area contributed by atoms with Crippen LogP contribution in [-0.4, -0.2) is 53.2 Å². The van der Waals surface area contributed by atoms with Gasteiger partial charge >= 0.3 is 133 Å². The Morgan fingerprint density at radius 1 is 1.45 bits per heavy atom. The third-order valence-electron chi connectivity index (χ3n) is 4.15. The summed E-state index contributed by atoms with van der Waals surface area (Å²) in [6, 6.07) is 2.93. The standard InChI is InChI=1S/C14H16AsFN4O2/c1-7-14(21)19-18-13-6-22-12-3-10(16)9(2-11(12)20(7)13)15-8-4-17-5-8/h2-3,7-8,15,17H,4-6H2,1H3,(H,19,21). The van der Waals surface area contributed by atoms with Gasteiger partial charge in [-0.2, -0.15) is 0 Å². The van der Waals surface area contributed by atoms with Crippen molar-refractivity contribution in [3.8, 4) is 5.75 Å². The first kappa shape index (κ1) is 14.0. The second kappa shape index (κ2) is 5.25. The van der Waals surface area contributed by atoms with Crippen LogP contribution in [0.15, 0.2) is 17.2 Å². The van der Waals surface area contributed by atoms with Crippen LogP contribution in [0.3, 0.4) is 0 Å². The van der Waals surface area contributed by atoms with Gasteiger partial charge < -0.3 is 0 Å². The Labute approximate surface area is 133 Å². The molecule has 0 radical (unpaired) electrons. The van der Waals surface area contributed by atoms with E-state index in [4.69, 9.17) is 4.74 Å². The van der Waals surface area contributed by atoms with Gasteiger partial charge in [0, 0.05) is 0 Å². The van der Waals surface area contributed by atoms with Gasteiger partial charge in [0.25, 0.3) is 0 Å². The van der Waals surface area contributed by atoms with Crippen LogP contribution in [0.2, 0.25) is 4.71 Å². The van der Waals surface area contributed by atoms with Crippen LogP contribution in [0.1, 0.15) is 6.92 Å². The molecule has 0 aliphatic carbocycles. The summed E-state index contributed by atoms with van der Waals surface area (Å²) in [4.78, 5) is 13.7. The van der Waals surface area contributed by atoms with E-state index in [0.29, 0.717) is 16.3 Å². The number of fused-ring (bicyclic) bond motifs is 3. The molecule has 3 aliphatic rings. The second-order valence-corrected chi connectivity index (χ2v) is 9.09. The van der Waals surface area contributed by atoms with Crippen molar-refractivity contribution in [2.24, 2.45) is 5.10 Å². The van der Waals surface area contributed by atoms with Crippen LogP contribution < -0.4 is 24.7 Å². The summed E-state index contributed by atoms with van der Waals surface area (Å²) < 4.78 is 21.3. The Bertz CT molecular complexity index is 677. The molecule has 0 aromatic heterocycles. The fourth-order valence-electron chi connectivity index (χ4n) is 2.77. The molecule has 0 bridgehead atoms. The van der Waals surface area contributed by atoms with Crippen LogP contribution in [0.4, 0.5) is 10.1 Å². The van der Waals surface area contributed by atoms with Gasteiger partial charge in [-0.1, -0.05) is 0 Å². The molecule has 2 atom stereocenters. The van der Waals surface area contributed by atoms with E-state index >= 15 is 0 Å². The zero-order chi connectivity index (χ0) is 15.3. The number of anilines is 1. The summed E-state index contributed by atoms with van der Waals surface area (Å²) in [5.41, 5.74) is 3.24. The Kier molecular flexibility index (Phi) is 3.35. The number of halogens is 1. The van der Waals surface area contributed by atoms with E-state index in [-0.39, 0.29) is 24.4 Å². The number of rotatable bonds is 2. The molecular formula is C14H16AsFN4O2. The zero-order valence-corrected chi connectivity index (χ0v) is 14.1. The van der Waals surface area contributed by atoms with Gasteiger partial charge in [0.05, 0.1) is 0 Å². The third kappa shape index (κ3) is 2.20. The number of hydrogen-bond acceptors (Lipinski definition) is 5. The number of amidine groups is 1. The Balaban J connectivity index is 1.74. The first-order valence-electron chi connectivity index (χ1n) is 7.23. The Morgan fingerprint density at radius 3 is 3.00 bits per heavy atom. The molecule has 1 amide bonds. The Morgan fingerprint density at radius 2 is 2.27 bits per heavy atom. The monoisotopic (exact) mass is 366 g/mol. The molecule has 116 valence electrons. The molecule has 6 nitrogen and oxygen atoms in total. The predicted molar refractivity (Wildman–Crippen MR) is 82.8 cm³/mol. The third-order valence-corrected chi connectivity index (χ3v) is 7.32. The molecule has 3 aliphatic heterocycles. The van der Waals surface area contributed by atoms with Crippen LogP contribution in [0.25, 0.3) is 0 Å². The first-order valence-corrected chi connectivity index (χ1v) is 9.49. The number of carbonyl (C=O) groups excluding carboxylic acids is 1. The van der Waals surface area contributed by atoms with E-state index in [1.807, 2.05) is 17.9 Å². The van der Waals surface area contributed by atoms with Crippen molar-refractivity contribution in [1.29, 1.82) is 0 Å². The predicted octanol–water partition coefficient (Wildman–Crippen LogP) is -0.690. The SMILES string of the molecule is CC1C(=O)NN=C2COc3cc(F)c([AsH]C4CNC4)cc3N21. The van der Waals surface area contributed by atoms with Crippen molar-refractivity contribution in [2.45, 2.75) is 17.7 Å². The van der Waals surface area contributed by atoms with Gasteiger partial charge in [0.15, 0.2) is 0 Å². The van der Waals surface area contributed by atoms with Gasteiger partial charge in [-0.15, -0.1) is 0 Å². The summed E-state index contributed by atoms with van der Waals surface area (Å²) in [5.74, 6) is 0.782. The maximum absolute atomic E-state index is 14.3. The number of hydrazone groups is 1. The number of hydrogen-bond donors (Lipinski definition) is 2. The quantitative estimate of drug-likeness (QED) is 0.681. The second-order valence-electron chi connectivity index (χ2n) is 5.64. The Hall–Kier alpha value is -1.59. The fraction of sp³-hybridized carbons (Fsp3) is 0.429. The first-order chi connectivity index (χ1) is 10.6. The van der Waals surface area contributed by atoms with Crippen molar-refractivity contribution in [3.05, 3.63) is 17.9 Å². The molecule has 1 fully saturated rings. The van der Waals surface area contributed by atoms with E-state index < -0.39 is 15.8 Å². The summed E-state index contributed by atoms with van der Waals surface area (Å²) in [6.07, 6.45) is 0. The van der Waals surface area contributed by atoms with E-state index in [9.17, 15) is 9.18 Å². The van der Waals surface area contributed by atoms with Crippen molar-refractivity contribution in [2.75, 3.05) is 24.6 Å². The van der Waals surface area contributed by atoms with Crippen molar-refractivity contribution < 1.29 is 13.9 Å². The van der Waals surface area contributed by atoms with Gasteiger partial charge in [-0.05, 0) is 0 Å². The van der Waals surface area contributed by atoms with Gasteiger partial charge in [0.1, 0.15) is 0 Å². The van der Waals surface area contributed by atoms with Crippen LogP contribution in [0, 0.1) is 5.82 Å². The van der Waals surface area contributed by atoms with E-state index in [1.165, 1.54) is 6.07 Å². The summed E-state index contributed by atoms with van der Waals surface area (Å²) in [7, 11) is 0. The van der Waals surface area contributed by atoms with E-state index in [2.05, 4.69) is 15.8 Å². The number of amides is 1.